The number of carbonyl (C=O) groups is 1. The van der Waals surface area contributed by atoms with Crippen LogP contribution in [0, 0.1) is 0 Å². The molecule has 3 nitrogen and oxygen atoms in total. The summed E-state index contributed by atoms with van der Waals surface area (Å²) in [5.41, 5.74) is 5.52. The molecule has 0 radical (unpaired) electrons. The predicted octanol–water partition coefficient (Wildman–Crippen LogP) is 0.759. The molecule has 13 heavy (non-hydrogen) atoms. The molecule has 0 aromatic heterocycles. The molecule has 0 bridgehead atoms. The highest BCUT2D eigenvalue weighted by Gasteiger charge is 2.08. The second-order valence-corrected chi connectivity index (χ2v) is 3.82. The molecule has 1 unspecified atom stereocenters. The minimum atomic E-state index is -0.357. The summed E-state index contributed by atoms with van der Waals surface area (Å²) in [5.74, 6) is 1.78. The number of thioether (sulfide) groups is 1. The molecule has 0 rings (SSSR count). The number of nitrogens with one attached hydrogen (secondary N) is 1. The third-order valence-electron chi connectivity index (χ3n) is 1.56. The number of hydrogen-bond donors (Lipinski definition) is 2. The molecular formula is C9H18N2OS. The molecule has 3 N–H and O–H groups in total. The quantitative estimate of drug-likeness (QED) is 0.473. The number of carbonyl (C=O) groups excluding carboxylic acids is 1. The van der Waals surface area contributed by atoms with Crippen LogP contribution in [0.4, 0.5) is 0 Å². The maximum Gasteiger partial charge on any atom is 0.236 e. The van der Waals surface area contributed by atoms with Gasteiger partial charge in [0.25, 0.3) is 0 Å². The normalized spacial score (nSPS) is 12.2. The summed E-state index contributed by atoms with van der Waals surface area (Å²) < 4.78 is 0. The van der Waals surface area contributed by atoms with Crippen molar-refractivity contribution in [2.75, 3.05) is 18.1 Å². The zero-order valence-electron chi connectivity index (χ0n) is 8.08. The summed E-state index contributed by atoms with van der Waals surface area (Å²) in [7, 11) is 0. The molecule has 4 heteroatoms. The Bertz CT molecular complexity index is 162. The molecule has 0 aliphatic carbocycles. The summed E-state index contributed by atoms with van der Waals surface area (Å²) in [6, 6.07) is -0.357. The van der Waals surface area contributed by atoms with E-state index in [1.54, 1.807) is 11.8 Å². The molecule has 0 heterocycles. The van der Waals surface area contributed by atoms with Gasteiger partial charge in [-0.25, -0.2) is 0 Å². The molecule has 76 valence electrons. The van der Waals surface area contributed by atoms with Gasteiger partial charge in [0.15, 0.2) is 0 Å². The van der Waals surface area contributed by atoms with Gasteiger partial charge in [-0.15, -0.1) is 6.58 Å². The first-order valence-corrected chi connectivity index (χ1v) is 5.59. The van der Waals surface area contributed by atoms with Crippen LogP contribution in [0.5, 0.6) is 0 Å². The van der Waals surface area contributed by atoms with Gasteiger partial charge in [-0.2, -0.15) is 11.8 Å². The number of hydrogen-bond acceptors (Lipinski definition) is 3. The molecule has 0 aromatic rings. The van der Waals surface area contributed by atoms with Crippen molar-refractivity contribution >= 4 is 17.7 Å². The van der Waals surface area contributed by atoms with Gasteiger partial charge in [0, 0.05) is 18.1 Å². The highest BCUT2D eigenvalue weighted by atomic mass is 32.2. The lowest BCUT2D eigenvalue weighted by molar-refractivity contribution is -0.122. The van der Waals surface area contributed by atoms with Crippen LogP contribution in [0.1, 0.15) is 13.3 Å². The zero-order valence-corrected chi connectivity index (χ0v) is 8.90. The average Bonchev–Trinajstić information content (AvgIpc) is 2.16. The molecular weight excluding hydrogens is 184 g/mol. The average molecular weight is 202 g/mol. The van der Waals surface area contributed by atoms with Crippen LogP contribution in [0.3, 0.4) is 0 Å². The molecule has 0 spiro atoms. The second kappa shape index (κ2) is 8.13. The SMILES string of the molecule is C=CCSCCNC(=O)C(N)CC. The molecule has 0 aromatic carbocycles. The fourth-order valence-electron chi connectivity index (χ4n) is 0.730. The van der Waals surface area contributed by atoms with Crippen molar-refractivity contribution in [2.24, 2.45) is 5.73 Å². The van der Waals surface area contributed by atoms with Gasteiger partial charge in [0.05, 0.1) is 6.04 Å². The summed E-state index contributed by atoms with van der Waals surface area (Å²) >= 11 is 1.74. The summed E-state index contributed by atoms with van der Waals surface area (Å²) in [6.07, 6.45) is 2.54. The second-order valence-electron chi connectivity index (χ2n) is 2.67. The van der Waals surface area contributed by atoms with Crippen LogP contribution in [0.15, 0.2) is 12.7 Å². The van der Waals surface area contributed by atoms with E-state index in [1.165, 1.54) is 0 Å². The van der Waals surface area contributed by atoms with E-state index in [-0.39, 0.29) is 11.9 Å². The summed E-state index contributed by atoms with van der Waals surface area (Å²) in [5, 5.41) is 2.77. The summed E-state index contributed by atoms with van der Waals surface area (Å²) in [4.78, 5) is 11.1. The van der Waals surface area contributed by atoms with E-state index in [0.717, 1.165) is 11.5 Å². The van der Waals surface area contributed by atoms with Crippen LogP contribution in [0.2, 0.25) is 0 Å². The number of amides is 1. The Labute approximate surface area is 84.1 Å². The van der Waals surface area contributed by atoms with Crippen LogP contribution < -0.4 is 11.1 Å². The first-order chi connectivity index (χ1) is 6.22. The molecule has 0 saturated carbocycles. The first kappa shape index (κ1) is 12.5. The molecule has 1 amide bonds. The summed E-state index contributed by atoms with van der Waals surface area (Å²) in [6.45, 7) is 6.19. The fourth-order valence-corrected chi connectivity index (χ4v) is 1.31. The van der Waals surface area contributed by atoms with E-state index in [2.05, 4.69) is 11.9 Å². The minimum Gasteiger partial charge on any atom is -0.354 e. The van der Waals surface area contributed by atoms with Crippen molar-refractivity contribution in [1.29, 1.82) is 0 Å². The lowest BCUT2D eigenvalue weighted by Gasteiger charge is -2.09. The van der Waals surface area contributed by atoms with Crippen molar-refractivity contribution in [2.45, 2.75) is 19.4 Å². The Morgan fingerprint density at radius 1 is 1.77 bits per heavy atom. The van der Waals surface area contributed by atoms with E-state index in [4.69, 9.17) is 5.73 Å². The fraction of sp³-hybridized carbons (Fsp3) is 0.667. The van der Waals surface area contributed by atoms with Gasteiger partial charge in [-0.3, -0.25) is 4.79 Å². The van der Waals surface area contributed by atoms with Gasteiger partial charge in [0.2, 0.25) is 5.91 Å². The van der Waals surface area contributed by atoms with Crippen molar-refractivity contribution in [3.63, 3.8) is 0 Å². The Balaban J connectivity index is 3.31. The Kier molecular flexibility index (Phi) is 7.83. The molecule has 1 atom stereocenters. The zero-order chi connectivity index (χ0) is 10.1. The van der Waals surface area contributed by atoms with Gasteiger partial charge < -0.3 is 11.1 Å². The minimum absolute atomic E-state index is 0.0540. The van der Waals surface area contributed by atoms with E-state index in [0.29, 0.717) is 13.0 Å². The van der Waals surface area contributed by atoms with Gasteiger partial charge in [0.1, 0.15) is 0 Å². The van der Waals surface area contributed by atoms with Crippen molar-refractivity contribution in [3.8, 4) is 0 Å². The number of nitrogens with two attached hydrogens (primary N) is 1. The maximum atomic E-state index is 11.1. The van der Waals surface area contributed by atoms with Crippen LogP contribution in [0.25, 0.3) is 0 Å². The highest BCUT2D eigenvalue weighted by molar-refractivity contribution is 7.99. The van der Waals surface area contributed by atoms with Crippen LogP contribution in [-0.2, 0) is 4.79 Å². The van der Waals surface area contributed by atoms with Gasteiger partial charge in [-0.1, -0.05) is 13.0 Å². The van der Waals surface area contributed by atoms with Crippen molar-refractivity contribution in [3.05, 3.63) is 12.7 Å². The van der Waals surface area contributed by atoms with Gasteiger partial charge >= 0.3 is 0 Å². The van der Waals surface area contributed by atoms with Crippen molar-refractivity contribution < 1.29 is 4.79 Å². The lowest BCUT2D eigenvalue weighted by Crippen LogP contribution is -2.40. The van der Waals surface area contributed by atoms with Crippen LogP contribution in [-0.4, -0.2) is 30.0 Å². The topological polar surface area (TPSA) is 55.1 Å². The largest absolute Gasteiger partial charge is 0.354 e. The monoisotopic (exact) mass is 202 g/mol. The van der Waals surface area contributed by atoms with Crippen molar-refractivity contribution in [1.82, 2.24) is 5.32 Å². The van der Waals surface area contributed by atoms with E-state index in [1.807, 2.05) is 13.0 Å². The third-order valence-corrected chi connectivity index (χ3v) is 2.52. The number of rotatable bonds is 7. The Morgan fingerprint density at radius 2 is 2.46 bits per heavy atom. The molecule has 0 aliphatic rings. The maximum absolute atomic E-state index is 11.1. The third kappa shape index (κ3) is 6.66. The van der Waals surface area contributed by atoms with E-state index < -0.39 is 0 Å². The Morgan fingerprint density at radius 3 is 3.00 bits per heavy atom. The lowest BCUT2D eigenvalue weighted by atomic mass is 10.2. The van der Waals surface area contributed by atoms with E-state index in [9.17, 15) is 4.79 Å². The van der Waals surface area contributed by atoms with E-state index >= 15 is 0 Å². The van der Waals surface area contributed by atoms with Gasteiger partial charge in [-0.05, 0) is 6.42 Å². The smallest absolute Gasteiger partial charge is 0.236 e. The molecule has 0 aliphatic heterocycles. The highest BCUT2D eigenvalue weighted by Crippen LogP contribution is 1.97. The standard InChI is InChI=1S/C9H18N2OS/c1-3-6-13-7-5-11-9(12)8(10)4-2/h3,8H,1,4-7,10H2,2H3,(H,11,12). The van der Waals surface area contributed by atoms with Crippen LogP contribution >= 0.6 is 11.8 Å². The first-order valence-electron chi connectivity index (χ1n) is 4.44. The Hall–Kier alpha value is -0.480. The predicted molar refractivity (Wildman–Crippen MR) is 58.8 cm³/mol. The molecule has 0 saturated heterocycles. The molecule has 0 fully saturated rings.